The summed E-state index contributed by atoms with van der Waals surface area (Å²) in [6.07, 6.45) is 3.61. The van der Waals surface area contributed by atoms with E-state index in [9.17, 15) is 0 Å². The van der Waals surface area contributed by atoms with Gasteiger partial charge in [-0.3, -0.25) is 0 Å². The fraction of sp³-hybridized carbons (Fsp3) is 0.538. The van der Waals surface area contributed by atoms with E-state index in [2.05, 4.69) is 37.4 Å². The molecule has 0 aromatic heterocycles. The lowest BCUT2D eigenvalue weighted by Gasteiger charge is -2.21. The number of nitrogens with one attached hydrogen (secondary N) is 1. The van der Waals surface area contributed by atoms with Crippen LogP contribution >= 0.6 is 0 Å². The Balaban J connectivity index is 2.16. The Morgan fingerprint density at radius 1 is 1.20 bits per heavy atom. The maximum absolute atomic E-state index is 6.06. The highest BCUT2D eigenvalue weighted by Gasteiger charge is 2.24. The molecule has 0 bridgehead atoms. The van der Waals surface area contributed by atoms with E-state index in [-0.39, 0.29) is 0 Å². The van der Waals surface area contributed by atoms with Crippen LogP contribution in [0.5, 0.6) is 0 Å². The van der Waals surface area contributed by atoms with Crippen LogP contribution in [0.15, 0.2) is 18.2 Å². The van der Waals surface area contributed by atoms with E-state index in [0.29, 0.717) is 12.1 Å². The minimum atomic E-state index is 0.323. The summed E-state index contributed by atoms with van der Waals surface area (Å²) in [7, 11) is 0. The van der Waals surface area contributed by atoms with Crippen molar-refractivity contribution in [2.75, 3.05) is 5.32 Å². The van der Waals surface area contributed by atoms with E-state index < -0.39 is 0 Å². The van der Waals surface area contributed by atoms with E-state index in [1.165, 1.54) is 29.7 Å². The number of benzene rings is 1. The molecule has 3 N–H and O–H groups in total. The Kier molecular flexibility index (Phi) is 2.96. The normalized spacial score (nSPS) is 25.5. The van der Waals surface area contributed by atoms with Gasteiger partial charge in [-0.05, 0) is 44.2 Å². The second-order valence-electron chi connectivity index (χ2n) is 4.61. The third kappa shape index (κ3) is 2.15. The molecule has 0 saturated heterocycles. The molecule has 0 amide bonds. The van der Waals surface area contributed by atoms with Crippen LogP contribution < -0.4 is 11.1 Å². The summed E-state index contributed by atoms with van der Waals surface area (Å²) in [5, 5.41) is 3.60. The van der Waals surface area contributed by atoms with Gasteiger partial charge in [-0.2, -0.15) is 0 Å². The summed E-state index contributed by atoms with van der Waals surface area (Å²) in [4.78, 5) is 0. The van der Waals surface area contributed by atoms with Gasteiger partial charge in [0.2, 0.25) is 0 Å². The van der Waals surface area contributed by atoms with E-state index in [1.807, 2.05) is 0 Å². The summed E-state index contributed by atoms with van der Waals surface area (Å²) in [6, 6.07) is 7.18. The van der Waals surface area contributed by atoms with Crippen molar-refractivity contribution in [3.63, 3.8) is 0 Å². The Labute approximate surface area is 91.9 Å². The van der Waals surface area contributed by atoms with Gasteiger partial charge in [0.15, 0.2) is 0 Å². The lowest BCUT2D eigenvalue weighted by molar-refractivity contribution is 0.637. The highest BCUT2D eigenvalue weighted by atomic mass is 15.0. The van der Waals surface area contributed by atoms with E-state index in [4.69, 9.17) is 5.73 Å². The smallest absolute Gasteiger partial charge is 0.0412 e. The SMILES string of the molecule is Cc1cccc(C)c1N[C@H]1CCC[C@H]1N. The van der Waals surface area contributed by atoms with Gasteiger partial charge >= 0.3 is 0 Å². The maximum Gasteiger partial charge on any atom is 0.0412 e. The molecule has 2 heteroatoms. The van der Waals surface area contributed by atoms with Crippen LogP contribution in [0.4, 0.5) is 5.69 Å². The fourth-order valence-electron chi connectivity index (χ4n) is 2.40. The number of hydrogen-bond donors (Lipinski definition) is 2. The number of anilines is 1. The highest BCUT2D eigenvalue weighted by Crippen LogP contribution is 2.25. The quantitative estimate of drug-likeness (QED) is 0.777. The van der Waals surface area contributed by atoms with Crippen LogP contribution in [0.1, 0.15) is 30.4 Å². The topological polar surface area (TPSA) is 38.0 Å². The number of para-hydroxylation sites is 1. The predicted octanol–water partition coefficient (Wildman–Crippen LogP) is 2.60. The van der Waals surface area contributed by atoms with Crippen LogP contribution in [0.3, 0.4) is 0 Å². The first-order valence-electron chi connectivity index (χ1n) is 5.77. The molecule has 1 fully saturated rings. The average Bonchev–Trinajstić information content (AvgIpc) is 2.58. The third-order valence-corrected chi connectivity index (χ3v) is 3.38. The molecule has 1 saturated carbocycles. The third-order valence-electron chi connectivity index (χ3n) is 3.38. The van der Waals surface area contributed by atoms with Crippen molar-refractivity contribution in [3.8, 4) is 0 Å². The predicted molar refractivity (Wildman–Crippen MR) is 65.2 cm³/mol. The molecule has 2 atom stereocenters. The molecule has 0 heterocycles. The summed E-state index contributed by atoms with van der Waals surface area (Å²) in [5.41, 5.74) is 9.97. The molecular formula is C13H20N2. The molecule has 82 valence electrons. The molecule has 2 nitrogen and oxygen atoms in total. The Bertz CT molecular complexity index is 326. The molecule has 1 aliphatic carbocycles. The molecule has 1 aromatic carbocycles. The van der Waals surface area contributed by atoms with Crippen molar-refractivity contribution in [3.05, 3.63) is 29.3 Å². The monoisotopic (exact) mass is 204 g/mol. The second-order valence-corrected chi connectivity index (χ2v) is 4.61. The molecule has 15 heavy (non-hydrogen) atoms. The van der Waals surface area contributed by atoms with Crippen LogP contribution in [-0.4, -0.2) is 12.1 Å². The molecule has 0 unspecified atom stereocenters. The van der Waals surface area contributed by atoms with Gasteiger partial charge in [0, 0.05) is 17.8 Å². The standard InChI is InChI=1S/C13H20N2/c1-9-5-3-6-10(2)13(9)15-12-8-4-7-11(12)14/h3,5-6,11-12,15H,4,7-8,14H2,1-2H3/t11-,12+/m1/s1. The van der Waals surface area contributed by atoms with Gasteiger partial charge in [0.1, 0.15) is 0 Å². The zero-order chi connectivity index (χ0) is 10.8. The van der Waals surface area contributed by atoms with Gasteiger partial charge in [-0.25, -0.2) is 0 Å². The number of aryl methyl sites for hydroxylation is 2. The van der Waals surface area contributed by atoms with E-state index in [1.54, 1.807) is 0 Å². The first-order chi connectivity index (χ1) is 7.18. The molecule has 1 aromatic rings. The minimum absolute atomic E-state index is 0.323. The van der Waals surface area contributed by atoms with Crippen molar-refractivity contribution >= 4 is 5.69 Å². The number of nitrogens with two attached hydrogens (primary N) is 1. The molecular weight excluding hydrogens is 184 g/mol. The van der Waals surface area contributed by atoms with Crippen LogP contribution in [0.25, 0.3) is 0 Å². The zero-order valence-electron chi connectivity index (χ0n) is 9.59. The maximum atomic E-state index is 6.06. The number of hydrogen-bond acceptors (Lipinski definition) is 2. The van der Waals surface area contributed by atoms with E-state index >= 15 is 0 Å². The second kappa shape index (κ2) is 4.23. The fourth-order valence-corrected chi connectivity index (χ4v) is 2.40. The molecule has 0 aliphatic heterocycles. The molecule has 0 radical (unpaired) electrons. The molecule has 1 aliphatic rings. The van der Waals surface area contributed by atoms with Gasteiger partial charge in [0.25, 0.3) is 0 Å². The van der Waals surface area contributed by atoms with Gasteiger partial charge in [-0.15, -0.1) is 0 Å². The summed E-state index contributed by atoms with van der Waals surface area (Å²) in [6.45, 7) is 4.30. The Morgan fingerprint density at radius 2 is 1.87 bits per heavy atom. The Morgan fingerprint density at radius 3 is 2.40 bits per heavy atom. The number of rotatable bonds is 2. The zero-order valence-corrected chi connectivity index (χ0v) is 9.59. The first kappa shape index (κ1) is 10.5. The average molecular weight is 204 g/mol. The van der Waals surface area contributed by atoms with Crippen LogP contribution in [0, 0.1) is 13.8 Å². The van der Waals surface area contributed by atoms with Crippen LogP contribution in [-0.2, 0) is 0 Å². The summed E-state index contributed by atoms with van der Waals surface area (Å²) >= 11 is 0. The van der Waals surface area contributed by atoms with Crippen molar-refractivity contribution in [2.45, 2.75) is 45.2 Å². The lowest BCUT2D eigenvalue weighted by atomic mass is 10.1. The lowest BCUT2D eigenvalue weighted by Crippen LogP contribution is -2.35. The first-order valence-corrected chi connectivity index (χ1v) is 5.77. The van der Waals surface area contributed by atoms with E-state index in [0.717, 1.165) is 6.42 Å². The largest absolute Gasteiger partial charge is 0.380 e. The van der Waals surface area contributed by atoms with Gasteiger partial charge in [-0.1, -0.05) is 18.2 Å². The van der Waals surface area contributed by atoms with Crippen LogP contribution in [0.2, 0.25) is 0 Å². The van der Waals surface area contributed by atoms with Crippen molar-refractivity contribution in [1.29, 1.82) is 0 Å². The summed E-state index contributed by atoms with van der Waals surface area (Å²) in [5.74, 6) is 0. The highest BCUT2D eigenvalue weighted by molar-refractivity contribution is 5.57. The Hall–Kier alpha value is -1.02. The van der Waals surface area contributed by atoms with Crippen molar-refractivity contribution < 1.29 is 0 Å². The minimum Gasteiger partial charge on any atom is -0.380 e. The van der Waals surface area contributed by atoms with Crippen molar-refractivity contribution in [1.82, 2.24) is 0 Å². The van der Waals surface area contributed by atoms with Gasteiger partial charge < -0.3 is 11.1 Å². The van der Waals surface area contributed by atoms with Gasteiger partial charge in [0.05, 0.1) is 0 Å². The van der Waals surface area contributed by atoms with Crippen molar-refractivity contribution in [2.24, 2.45) is 5.73 Å². The summed E-state index contributed by atoms with van der Waals surface area (Å²) < 4.78 is 0. The molecule has 2 rings (SSSR count). The molecule has 0 spiro atoms.